The smallest absolute Gasteiger partial charge is 0.256 e. The second-order valence-corrected chi connectivity index (χ2v) is 8.75. The number of thioether (sulfide) groups is 1. The van der Waals surface area contributed by atoms with Crippen LogP contribution in [0.3, 0.4) is 0 Å². The van der Waals surface area contributed by atoms with Crippen molar-refractivity contribution in [3.8, 4) is 0 Å². The summed E-state index contributed by atoms with van der Waals surface area (Å²) in [6.45, 7) is 2.23. The van der Waals surface area contributed by atoms with E-state index in [0.29, 0.717) is 33.7 Å². The van der Waals surface area contributed by atoms with E-state index in [1.807, 2.05) is 19.1 Å². The number of hydrogen-bond acceptors (Lipinski definition) is 4. The number of hydrogen-bond donors (Lipinski definition) is 2. The predicted octanol–water partition coefficient (Wildman–Crippen LogP) is 4.92. The zero-order chi connectivity index (χ0) is 20.5. The Labute approximate surface area is 181 Å². The minimum Gasteiger partial charge on any atom is -0.324 e. The number of nitrogens with one attached hydrogen (secondary N) is 2. The summed E-state index contributed by atoms with van der Waals surface area (Å²) >= 11 is 13.7. The van der Waals surface area contributed by atoms with Gasteiger partial charge in [0.1, 0.15) is 5.82 Å². The highest BCUT2D eigenvalue weighted by Crippen LogP contribution is 2.36. The predicted molar refractivity (Wildman–Crippen MR) is 116 cm³/mol. The van der Waals surface area contributed by atoms with Crippen molar-refractivity contribution in [1.29, 1.82) is 0 Å². The number of amides is 2. The molecular weight excluding hydrogens is 431 g/mol. The summed E-state index contributed by atoms with van der Waals surface area (Å²) in [5, 5.41) is 10.9. The van der Waals surface area contributed by atoms with Gasteiger partial charge in [-0.1, -0.05) is 29.3 Å². The molecule has 2 heterocycles. The molecule has 3 aromatic rings. The normalized spacial score (nSPS) is 15.6. The number of carbonyl (C=O) groups is 2. The van der Waals surface area contributed by atoms with Gasteiger partial charge in [0.25, 0.3) is 5.91 Å². The third-order valence-corrected chi connectivity index (χ3v) is 6.23. The lowest BCUT2D eigenvalue weighted by Crippen LogP contribution is -2.26. The maximum Gasteiger partial charge on any atom is 0.256 e. The van der Waals surface area contributed by atoms with E-state index in [0.717, 1.165) is 10.5 Å². The van der Waals surface area contributed by atoms with Gasteiger partial charge in [0.05, 0.1) is 23.7 Å². The number of anilines is 2. The topological polar surface area (TPSA) is 76.0 Å². The molecule has 6 nitrogen and oxygen atoms in total. The van der Waals surface area contributed by atoms with E-state index in [-0.39, 0.29) is 17.1 Å². The Hall–Kier alpha value is -2.48. The van der Waals surface area contributed by atoms with E-state index in [9.17, 15) is 9.59 Å². The van der Waals surface area contributed by atoms with Crippen LogP contribution in [0, 0.1) is 0 Å². The fraction of sp³-hybridized carbons (Fsp3) is 0.150. The Bertz CT molecular complexity index is 1120. The maximum absolute atomic E-state index is 12.7. The number of carbonyl (C=O) groups excluding carboxylic acids is 2. The fourth-order valence-electron chi connectivity index (χ4n) is 2.91. The highest BCUT2D eigenvalue weighted by molar-refractivity contribution is 8.00. The van der Waals surface area contributed by atoms with Crippen LogP contribution in [0.1, 0.15) is 22.8 Å². The molecule has 148 valence electrons. The van der Waals surface area contributed by atoms with Crippen molar-refractivity contribution in [2.45, 2.75) is 23.6 Å². The fourth-order valence-corrected chi connectivity index (χ4v) is 4.31. The summed E-state index contributed by atoms with van der Waals surface area (Å²) in [5.41, 5.74) is 1.92. The van der Waals surface area contributed by atoms with Gasteiger partial charge in [-0.3, -0.25) is 9.59 Å². The van der Waals surface area contributed by atoms with E-state index in [2.05, 4.69) is 15.7 Å². The summed E-state index contributed by atoms with van der Waals surface area (Å²) in [7, 11) is 0. The van der Waals surface area contributed by atoms with E-state index >= 15 is 0 Å². The van der Waals surface area contributed by atoms with E-state index in [1.54, 1.807) is 41.2 Å². The Morgan fingerprint density at radius 1 is 1.24 bits per heavy atom. The van der Waals surface area contributed by atoms with Gasteiger partial charge in [-0.05, 0) is 42.8 Å². The van der Waals surface area contributed by atoms with Crippen molar-refractivity contribution >= 4 is 58.3 Å². The molecule has 0 bridgehead atoms. The first kappa shape index (κ1) is 19.8. The molecule has 2 N–H and O–H groups in total. The first-order chi connectivity index (χ1) is 13.9. The van der Waals surface area contributed by atoms with Gasteiger partial charge in [0, 0.05) is 26.6 Å². The molecule has 2 aromatic carbocycles. The summed E-state index contributed by atoms with van der Waals surface area (Å²) < 4.78 is 1.64. The molecule has 2 amide bonds. The van der Waals surface area contributed by atoms with Crippen molar-refractivity contribution in [2.24, 2.45) is 0 Å². The molecule has 1 aliphatic heterocycles. The summed E-state index contributed by atoms with van der Waals surface area (Å²) in [5.74, 6) is 0.165. The average molecular weight is 447 g/mol. The maximum atomic E-state index is 12.7. The number of rotatable bonds is 4. The molecule has 1 unspecified atom stereocenters. The number of aromatic nitrogens is 2. The molecule has 29 heavy (non-hydrogen) atoms. The van der Waals surface area contributed by atoms with Gasteiger partial charge in [-0.15, -0.1) is 11.8 Å². The molecule has 0 fully saturated rings. The van der Waals surface area contributed by atoms with Gasteiger partial charge in [-0.2, -0.15) is 5.10 Å². The Morgan fingerprint density at radius 3 is 2.86 bits per heavy atom. The quantitative estimate of drug-likeness (QED) is 0.595. The standard InChI is InChI=1S/C20H16Cl2N4O2S/c1-11-19(27)24-16-8-12(3-5-17(16)29-11)20(28)25-18-6-7-23-26(18)10-13-2-4-14(21)9-15(13)22/h2-9,11H,10H2,1H3,(H,24,27)(H,25,28). The first-order valence-corrected chi connectivity index (χ1v) is 10.4. The number of fused-ring (bicyclic) bond motifs is 1. The highest BCUT2D eigenvalue weighted by Gasteiger charge is 2.24. The largest absolute Gasteiger partial charge is 0.324 e. The van der Waals surface area contributed by atoms with Crippen molar-refractivity contribution in [2.75, 3.05) is 10.6 Å². The summed E-state index contributed by atoms with van der Waals surface area (Å²) in [6.07, 6.45) is 1.60. The SMILES string of the molecule is CC1Sc2ccc(C(=O)Nc3ccnn3Cc3ccc(Cl)cc3Cl)cc2NC1=O. The second-order valence-electron chi connectivity index (χ2n) is 6.52. The van der Waals surface area contributed by atoms with E-state index < -0.39 is 0 Å². The number of nitrogens with zero attached hydrogens (tertiary/aromatic N) is 2. The minimum absolute atomic E-state index is 0.0713. The Balaban J connectivity index is 1.52. The molecule has 4 rings (SSSR count). The molecule has 0 spiro atoms. The van der Waals surface area contributed by atoms with Crippen LogP contribution in [0.4, 0.5) is 11.5 Å². The zero-order valence-electron chi connectivity index (χ0n) is 15.3. The number of halogens is 2. The van der Waals surface area contributed by atoms with Crippen LogP contribution >= 0.6 is 35.0 Å². The van der Waals surface area contributed by atoms with Crippen LogP contribution < -0.4 is 10.6 Å². The molecule has 1 aromatic heterocycles. The highest BCUT2D eigenvalue weighted by atomic mass is 35.5. The van der Waals surface area contributed by atoms with Crippen LogP contribution in [0.15, 0.2) is 53.6 Å². The van der Waals surface area contributed by atoms with Crippen LogP contribution in [0.5, 0.6) is 0 Å². The third-order valence-electron chi connectivity index (χ3n) is 4.47. The summed E-state index contributed by atoms with van der Waals surface area (Å²) in [6, 6.07) is 12.2. The molecular formula is C20H16Cl2N4O2S. The molecule has 0 radical (unpaired) electrons. The van der Waals surface area contributed by atoms with Crippen molar-refractivity contribution < 1.29 is 9.59 Å². The van der Waals surface area contributed by atoms with Gasteiger partial charge in [0.2, 0.25) is 5.91 Å². The lowest BCUT2D eigenvalue weighted by molar-refractivity contribution is -0.115. The molecule has 1 aliphatic rings. The molecule has 0 aliphatic carbocycles. The zero-order valence-corrected chi connectivity index (χ0v) is 17.6. The van der Waals surface area contributed by atoms with Crippen molar-refractivity contribution in [3.63, 3.8) is 0 Å². The van der Waals surface area contributed by atoms with Crippen LogP contribution in [0.25, 0.3) is 0 Å². The molecule has 9 heteroatoms. The molecule has 0 saturated heterocycles. The minimum atomic E-state index is -0.297. The van der Waals surface area contributed by atoms with Gasteiger partial charge in [0.15, 0.2) is 0 Å². The van der Waals surface area contributed by atoms with Crippen LogP contribution in [0.2, 0.25) is 10.0 Å². The van der Waals surface area contributed by atoms with Crippen LogP contribution in [-0.2, 0) is 11.3 Å². The Morgan fingerprint density at radius 2 is 2.07 bits per heavy atom. The van der Waals surface area contributed by atoms with Gasteiger partial charge in [-0.25, -0.2) is 4.68 Å². The monoisotopic (exact) mass is 446 g/mol. The molecule has 0 saturated carbocycles. The summed E-state index contributed by atoms with van der Waals surface area (Å²) in [4.78, 5) is 25.6. The number of benzene rings is 2. The molecule has 1 atom stereocenters. The lowest BCUT2D eigenvalue weighted by atomic mass is 10.1. The first-order valence-electron chi connectivity index (χ1n) is 8.79. The van der Waals surface area contributed by atoms with Gasteiger partial charge < -0.3 is 10.6 Å². The van der Waals surface area contributed by atoms with E-state index in [4.69, 9.17) is 23.2 Å². The van der Waals surface area contributed by atoms with Crippen molar-refractivity contribution in [3.05, 3.63) is 69.8 Å². The second kappa shape index (κ2) is 8.10. The third kappa shape index (κ3) is 4.27. The van der Waals surface area contributed by atoms with Crippen LogP contribution in [-0.4, -0.2) is 26.8 Å². The van der Waals surface area contributed by atoms with Gasteiger partial charge >= 0.3 is 0 Å². The Kier molecular flexibility index (Phi) is 5.54. The van der Waals surface area contributed by atoms with E-state index in [1.165, 1.54) is 11.8 Å². The lowest BCUT2D eigenvalue weighted by Gasteiger charge is -2.21. The van der Waals surface area contributed by atoms with Crippen molar-refractivity contribution in [1.82, 2.24) is 9.78 Å². The average Bonchev–Trinajstić information content (AvgIpc) is 3.11.